The molecule has 3 heterocycles. The van der Waals surface area contributed by atoms with Gasteiger partial charge in [0.2, 0.25) is 0 Å². The minimum Gasteiger partial charge on any atom is -0.329 e. The molecule has 2 aromatic heterocycles. The minimum atomic E-state index is -4.28. The van der Waals surface area contributed by atoms with Gasteiger partial charge in [-0.3, -0.25) is 4.90 Å². The zero-order valence-electron chi connectivity index (χ0n) is 15.9. The van der Waals surface area contributed by atoms with Crippen LogP contribution in [0, 0.1) is 0 Å². The van der Waals surface area contributed by atoms with Crippen molar-refractivity contribution in [1.82, 2.24) is 19.4 Å². The zero-order valence-corrected chi connectivity index (χ0v) is 15.9. The van der Waals surface area contributed by atoms with Crippen molar-refractivity contribution >= 4 is 11.2 Å². The number of imidazole rings is 1. The molecule has 0 N–H and O–H groups in total. The molecule has 1 aliphatic rings. The topological polar surface area (TPSA) is 34.0 Å². The van der Waals surface area contributed by atoms with Crippen molar-refractivity contribution in [3.05, 3.63) is 59.5 Å². The van der Waals surface area contributed by atoms with Crippen LogP contribution >= 0.6 is 0 Å². The summed E-state index contributed by atoms with van der Waals surface area (Å²) in [5.41, 5.74) is 2.18. The monoisotopic (exact) mass is 388 g/mol. The third kappa shape index (κ3) is 3.63. The number of aryl methyl sites for hydroxylation is 1. The van der Waals surface area contributed by atoms with Gasteiger partial charge in [-0.1, -0.05) is 12.1 Å². The van der Waals surface area contributed by atoms with E-state index in [4.69, 9.17) is 0 Å². The Hall–Kier alpha value is -2.41. The Bertz CT molecular complexity index is 962. The highest BCUT2D eigenvalue weighted by Crippen LogP contribution is 2.35. The Balaban J connectivity index is 1.44. The van der Waals surface area contributed by atoms with Crippen LogP contribution in [0.1, 0.15) is 42.6 Å². The molecule has 1 fully saturated rings. The molecule has 0 spiro atoms. The number of piperidine rings is 1. The second-order valence-corrected chi connectivity index (χ2v) is 7.59. The molecule has 0 saturated carbocycles. The van der Waals surface area contributed by atoms with Gasteiger partial charge in [0.1, 0.15) is 5.82 Å². The van der Waals surface area contributed by atoms with Crippen molar-refractivity contribution in [3.63, 3.8) is 0 Å². The van der Waals surface area contributed by atoms with Crippen LogP contribution in [0.15, 0.2) is 42.6 Å². The number of hydrogen-bond donors (Lipinski definition) is 0. The number of likely N-dealkylation sites (tertiary alicyclic amines) is 1. The van der Waals surface area contributed by atoms with Gasteiger partial charge in [0.15, 0.2) is 5.65 Å². The van der Waals surface area contributed by atoms with Crippen molar-refractivity contribution < 1.29 is 13.2 Å². The molecule has 4 rings (SSSR count). The number of aromatic nitrogens is 3. The van der Waals surface area contributed by atoms with E-state index in [1.165, 1.54) is 12.1 Å². The number of fused-ring (bicyclic) bond motifs is 1. The summed E-state index contributed by atoms with van der Waals surface area (Å²) in [4.78, 5) is 11.4. The summed E-state index contributed by atoms with van der Waals surface area (Å²) in [6.07, 6.45) is -0.682. The van der Waals surface area contributed by atoms with Gasteiger partial charge >= 0.3 is 6.18 Å². The molecular weight excluding hydrogens is 365 g/mol. The number of nitrogens with zero attached hydrogens (tertiary/aromatic N) is 4. The maximum atomic E-state index is 12.8. The molecule has 0 bridgehead atoms. The first-order valence-electron chi connectivity index (χ1n) is 9.50. The first-order valence-corrected chi connectivity index (χ1v) is 9.50. The smallest absolute Gasteiger partial charge is 0.329 e. The Kier molecular flexibility index (Phi) is 4.87. The van der Waals surface area contributed by atoms with E-state index in [9.17, 15) is 13.2 Å². The highest BCUT2D eigenvalue weighted by molar-refractivity contribution is 5.71. The first-order chi connectivity index (χ1) is 13.3. The van der Waals surface area contributed by atoms with E-state index in [1.54, 1.807) is 18.3 Å². The highest BCUT2D eigenvalue weighted by Gasteiger charge is 2.31. The van der Waals surface area contributed by atoms with E-state index < -0.39 is 11.7 Å². The van der Waals surface area contributed by atoms with Gasteiger partial charge < -0.3 is 4.57 Å². The predicted molar refractivity (Wildman–Crippen MR) is 102 cm³/mol. The van der Waals surface area contributed by atoms with Gasteiger partial charge in [-0.05, 0) is 62.1 Å². The third-order valence-corrected chi connectivity index (χ3v) is 5.82. The van der Waals surface area contributed by atoms with Crippen LogP contribution in [0.25, 0.3) is 11.2 Å². The highest BCUT2D eigenvalue weighted by atomic mass is 19.4. The van der Waals surface area contributed by atoms with Crippen molar-refractivity contribution in [1.29, 1.82) is 0 Å². The largest absolute Gasteiger partial charge is 0.416 e. The van der Waals surface area contributed by atoms with Gasteiger partial charge in [-0.2, -0.15) is 13.2 Å². The van der Waals surface area contributed by atoms with E-state index in [0.717, 1.165) is 48.5 Å². The fourth-order valence-electron chi connectivity index (χ4n) is 4.10. The van der Waals surface area contributed by atoms with Gasteiger partial charge in [0.25, 0.3) is 0 Å². The Morgan fingerprint density at radius 3 is 2.54 bits per heavy atom. The lowest BCUT2D eigenvalue weighted by Gasteiger charge is -2.37. The summed E-state index contributed by atoms with van der Waals surface area (Å²) in [7, 11) is 2.01. The van der Waals surface area contributed by atoms with Crippen LogP contribution in [0.5, 0.6) is 0 Å². The summed E-state index contributed by atoms with van der Waals surface area (Å²) >= 11 is 0. The third-order valence-electron chi connectivity index (χ3n) is 5.82. The SMILES string of the molecule is C[C@@H]1C[C@H](c2ccc(C(F)(F)F)cc2)CCN1Cc1nc2ncccc2n1C. The summed E-state index contributed by atoms with van der Waals surface area (Å²) < 4.78 is 40.4. The van der Waals surface area contributed by atoms with Crippen molar-refractivity contribution in [3.8, 4) is 0 Å². The lowest BCUT2D eigenvalue weighted by molar-refractivity contribution is -0.137. The molecule has 28 heavy (non-hydrogen) atoms. The molecule has 2 atom stereocenters. The second-order valence-electron chi connectivity index (χ2n) is 7.59. The number of alkyl halides is 3. The quantitative estimate of drug-likeness (QED) is 0.649. The predicted octanol–water partition coefficient (Wildman–Crippen LogP) is 4.76. The average molecular weight is 388 g/mol. The molecule has 4 nitrogen and oxygen atoms in total. The van der Waals surface area contributed by atoms with Crippen LogP contribution in [0.2, 0.25) is 0 Å². The van der Waals surface area contributed by atoms with E-state index in [2.05, 4.69) is 26.4 Å². The molecular formula is C21H23F3N4. The maximum absolute atomic E-state index is 12.8. The average Bonchev–Trinajstić information content (AvgIpc) is 2.99. The Morgan fingerprint density at radius 2 is 1.89 bits per heavy atom. The number of hydrogen-bond acceptors (Lipinski definition) is 3. The van der Waals surface area contributed by atoms with Crippen molar-refractivity contribution in [2.24, 2.45) is 7.05 Å². The van der Waals surface area contributed by atoms with Crippen molar-refractivity contribution in [2.45, 2.75) is 44.4 Å². The lowest BCUT2D eigenvalue weighted by Crippen LogP contribution is -2.40. The van der Waals surface area contributed by atoms with Crippen LogP contribution in [-0.4, -0.2) is 32.0 Å². The molecule has 0 amide bonds. The molecule has 3 aromatic rings. The summed E-state index contributed by atoms with van der Waals surface area (Å²) in [5, 5.41) is 0. The first kappa shape index (κ1) is 18.9. The van der Waals surface area contributed by atoms with Gasteiger partial charge in [-0.15, -0.1) is 0 Å². The van der Waals surface area contributed by atoms with Gasteiger partial charge in [-0.25, -0.2) is 9.97 Å². The van der Waals surface area contributed by atoms with Gasteiger partial charge in [0, 0.05) is 19.3 Å². The lowest BCUT2D eigenvalue weighted by atomic mass is 9.85. The molecule has 0 radical (unpaired) electrons. The Morgan fingerprint density at radius 1 is 1.14 bits per heavy atom. The fraction of sp³-hybridized carbons (Fsp3) is 0.429. The summed E-state index contributed by atoms with van der Waals surface area (Å²) in [5.74, 6) is 1.27. The van der Waals surface area contributed by atoms with Crippen molar-refractivity contribution in [2.75, 3.05) is 6.54 Å². The molecule has 0 aliphatic carbocycles. The van der Waals surface area contributed by atoms with Crippen LogP contribution < -0.4 is 0 Å². The zero-order chi connectivity index (χ0) is 19.9. The fourth-order valence-corrected chi connectivity index (χ4v) is 4.10. The molecule has 148 valence electrons. The van der Waals surface area contributed by atoms with Crippen LogP contribution in [0.4, 0.5) is 13.2 Å². The number of rotatable bonds is 3. The Labute approximate surface area is 162 Å². The normalized spacial score (nSPS) is 21.3. The molecule has 1 aromatic carbocycles. The number of benzene rings is 1. The molecule has 7 heteroatoms. The summed E-state index contributed by atoms with van der Waals surface area (Å²) in [6, 6.07) is 9.90. The minimum absolute atomic E-state index is 0.288. The maximum Gasteiger partial charge on any atom is 0.416 e. The van der Waals surface area contributed by atoms with Crippen LogP contribution in [0.3, 0.4) is 0 Å². The van der Waals surface area contributed by atoms with Gasteiger partial charge in [0.05, 0.1) is 17.6 Å². The van der Waals surface area contributed by atoms with Crippen LogP contribution in [-0.2, 0) is 19.8 Å². The summed E-state index contributed by atoms with van der Waals surface area (Å²) in [6.45, 7) is 3.81. The number of halogens is 3. The second kappa shape index (κ2) is 7.20. The number of pyridine rings is 1. The standard InChI is InChI=1S/C21H23F3N4/c1-14-12-16(15-5-7-17(8-6-15)21(22,23)24)9-11-28(14)13-19-26-20-18(27(19)2)4-3-10-25-20/h3-8,10,14,16H,9,11-13H2,1-2H3/t14-,16-/m1/s1. The molecule has 0 unspecified atom stereocenters. The van der Waals surface area contributed by atoms with E-state index in [1.807, 2.05) is 19.2 Å². The van der Waals surface area contributed by atoms with E-state index in [0.29, 0.717) is 6.04 Å². The van der Waals surface area contributed by atoms with E-state index >= 15 is 0 Å². The molecule has 1 aliphatic heterocycles. The van der Waals surface area contributed by atoms with E-state index in [-0.39, 0.29) is 5.92 Å². The molecule has 1 saturated heterocycles.